The number of benzene rings is 1. The Kier molecular flexibility index (Phi) is 8.96. The van der Waals surface area contributed by atoms with Crippen molar-refractivity contribution < 1.29 is 0 Å². The maximum Gasteiger partial charge on any atom is -0.0107 e. The van der Waals surface area contributed by atoms with Crippen LogP contribution in [0.25, 0.3) is 5.57 Å². The highest BCUT2D eigenvalue weighted by Gasteiger charge is 2.37. The zero-order valence-corrected chi connectivity index (χ0v) is 22.8. The Balaban J connectivity index is 4.18. The monoisotopic (exact) mass is 426 g/mol. The molecular weight excluding hydrogens is 379 g/mol. The summed E-state index contributed by atoms with van der Waals surface area (Å²) in [6.45, 7) is 36.7. The smallest absolute Gasteiger partial charge is 0.0107 e. The molecule has 0 saturated carbocycles. The van der Waals surface area contributed by atoms with Gasteiger partial charge in [-0.25, -0.2) is 0 Å². The molecule has 0 fully saturated rings. The highest BCUT2D eigenvalue weighted by atomic mass is 31.1. The van der Waals surface area contributed by atoms with Gasteiger partial charge in [-0.05, 0) is 61.2 Å². The first-order chi connectivity index (χ1) is 13.6. The van der Waals surface area contributed by atoms with Crippen molar-refractivity contribution in [1.82, 2.24) is 0 Å². The third-order valence-corrected chi connectivity index (χ3v) is 9.25. The third-order valence-electron chi connectivity index (χ3n) is 5.66. The number of hydrogen-bond donors (Lipinski definition) is 0. The van der Waals surface area contributed by atoms with Crippen LogP contribution in [0, 0.1) is 0 Å². The summed E-state index contributed by atoms with van der Waals surface area (Å²) in [4.78, 5) is 0. The summed E-state index contributed by atoms with van der Waals surface area (Å²) >= 11 is 0. The van der Waals surface area contributed by atoms with Crippen LogP contribution in [0.5, 0.6) is 0 Å². The van der Waals surface area contributed by atoms with E-state index in [0.717, 1.165) is 0 Å². The molecule has 1 rings (SSSR count). The molecule has 0 radical (unpaired) electrons. The molecule has 0 heterocycles. The van der Waals surface area contributed by atoms with Gasteiger partial charge in [0.15, 0.2) is 0 Å². The van der Waals surface area contributed by atoms with Gasteiger partial charge in [0, 0.05) is 0 Å². The zero-order valence-electron chi connectivity index (χ0n) is 21.9. The second-order valence-electron chi connectivity index (χ2n) is 11.4. The fourth-order valence-electron chi connectivity index (χ4n) is 4.65. The Morgan fingerprint density at radius 3 is 1.37 bits per heavy atom. The molecule has 0 unspecified atom stereocenters. The van der Waals surface area contributed by atoms with Crippen molar-refractivity contribution in [3.05, 3.63) is 65.0 Å². The maximum atomic E-state index is 4.32. The van der Waals surface area contributed by atoms with E-state index in [-0.39, 0.29) is 10.3 Å². The van der Waals surface area contributed by atoms with Crippen molar-refractivity contribution in [3.8, 4) is 0 Å². The van der Waals surface area contributed by atoms with Crippen LogP contribution in [-0.2, 0) is 0 Å². The van der Waals surface area contributed by atoms with Crippen LogP contribution in [0.4, 0.5) is 0 Å². The normalized spacial score (nSPS) is 14.0. The standard InChI is InChI=1S/C29H47P/c1-15-23(26(16-2)30(28(9,10)11)29(12,13)14)27-24(20(5)6)17-22(19(3)4)18-25(27)21(7)8/h15-21H,1-2H2,3-14H3. The van der Waals surface area contributed by atoms with Gasteiger partial charge in [-0.2, -0.15) is 0 Å². The average molecular weight is 427 g/mol. The Labute approximate surface area is 189 Å². The van der Waals surface area contributed by atoms with Gasteiger partial charge in [0.25, 0.3) is 0 Å². The van der Waals surface area contributed by atoms with Gasteiger partial charge in [0.1, 0.15) is 0 Å². The largest absolute Gasteiger partial charge is 0.0984 e. The Morgan fingerprint density at radius 1 is 0.733 bits per heavy atom. The summed E-state index contributed by atoms with van der Waals surface area (Å²) < 4.78 is 0. The first-order valence-corrected chi connectivity index (χ1v) is 12.9. The molecule has 0 N–H and O–H groups in total. The van der Waals surface area contributed by atoms with E-state index in [0.29, 0.717) is 17.8 Å². The lowest BCUT2D eigenvalue weighted by molar-refractivity contribution is 0.712. The minimum absolute atomic E-state index is 0.180. The molecule has 1 heteroatoms. The minimum atomic E-state index is -0.468. The van der Waals surface area contributed by atoms with Crippen molar-refractivity contribution in [2.45, 2.75) is 111 Å². The predicted octanol–water partition coefficient (Wildman–Crippen LogP) is 10.2. The molecule has 0 aromatic heterocycles. The number of rotatable bonds is 7. The van der Waals surface area contributed by atoms with Gasteiger partial charge in [0.2, 0.25) is 0 Å². The molecule has 0 spiro atoms. The molecule has 0 atom stereocenters. The Hall–Kier alpha value is -1.13. The molecule has 1 aromatic rings. The van der Waals surface area contributed by atoms with Crippen LogP contribution in [0.15, 0.2) is 42.8 Å². The Bertz CT molecular complexity index is 746. The molecule has 1 aromatic carbocycles. The second-order valence-corrected chi connectivity index (χ2v) is 15.3. The third kappa shape index (κ3) is 5.97. The molecule has 30 heavy (non-hydrogen) atoms. The lowest BCUT2D eigenvalue weighted by atomic mass is 9.81. The van der Waals surface area contributed by atoms with Crippen LogP contribution >= 0.6 is 7.92 Å². The van der Waals surface area contributed by atoms with E-state index < -0.39 is 7.92 Å². The fraction of sp³-hybridized carbons (Fsp3) is 0.586. The van der Waals surface area contributed by atoms with Gasteiger partial charge < -0.3 is 0 Å². The summed E-state index contributed by atoms with van der Waals surface area (Å²) in [7, 11) is -0.468. The summed E-state index contributed by atoms with van der Waals surface area (Å²) in [6.07, 6.45) is 4.23. The van der Waals surface area contributed by atoms with E-state index in [9.17, 15) is 0 Å². The molecule has 0 aliphatic carbocycles. The van der Waals surface area contributed by atoms with Crippen molar-refractivity contribution in [1.29, 1.82) is 0 Å². The summed E-state index contributed by atoms with van der Waals surface area (Å²) in [5.41, 5.74) is 7.01. The molecule has 0 nitrogen and oxygen atoms in total. The molecule has 0 amide bonds. The van der Waals surface area contributed by atoms with E-state index in [1.807, 2.05) is 0 Å². The quantitative estimate of drug-likeness (QED) is 0.300. The van der Waals surface area contributed by atoms with Crippen molar-refractivity contribution in [3.63, 3.8) is 0 Å². The van der Waals surface area contributed by atoms with Crippen molar-refractivity contribution in [2.75, 3.05) is 0 Å². The first-order valence-electron chi connectivity index (χ1n) is 11.5. The van der Waals surface area contributed by atoms with Gasteiger partial charge in [-0.1, -0.05) is 128 Å². The Morgan fingerprint density at radius 2 is 1.13 bits per heavy atom. The van der Waals surface area contributed by atoms with E-state index in [1.165, 1.54) is 33.1 Å². The fourth-order valence-corrected chi connectivity index (χ4v) is 8.74. The summed E-state index contributed by atoms with van der Waals surface area (Å²) in [6, 6.07) is 4.88. The minimum Gasteiger partial charge on any atom is -0.0984 e. The highest BCUT2D eigenvalue weighted by Crippen LogP contribution is 2.66. The van der Waals surface area contributed by atoms with Crippen LogP contribution in [0.2, 0.25) is 0 Å². The maximum absolute atomic E-state index is 4.32. The lowest BCUT2D eigenvalue weighted by Gasteiger charge is -2.43. The zero-order chi connectivity index (χ0) is 23.6. The first kappa shape index (κ1) is 26.9. The predicted molar refractivity (Wildman–Crippen MR) is 142 cm³/mol. The number of hydrogen-bond acceptors (Lipinski definition) is 0. The average Bonchev–Trinajstić information content (AvgIpc) is 2.58. The second kappa shape index (κ2) is 9.99. The van der Waals surface area contributed by atoms with Crippen LogP contribution < -0.4 is 0 Å². The molecule has 168 valence electrons. The molecule has 0 saturated heterocycles. The molecule has 0 aliphatic heterocycles. The van der Waals surface area contributed by atoms with Crippen molar-refractivity contribution >= 4 is 13.5 Å². The topological polar surface area (TPSA) is 0 Å². The number of allylic oxidation sites excluding steroid dienone is 4. The van der Waals surface area contributed by atoms with Gasteiger partial charge in [-0.3, -0.25) is 0 Å². The highest BCUT2D eigenvalue weighted by molar-refractivity contribution is 7.65. The van der Waals surface area contributed by atoms with Gasteiger partial charge in [-0.15, -0.1) is 0 Å². The lowest BCUT2D eigenvalue weighted by Crippen LogP contribution is -2.26. The summed E-state index contributed by atoms with van der Waals surface area (Å²) in [5, 5.41) is 1.75. The van der Waals surface area contributed by atoms with Crippen LogP contribution in [-0.4, -0.2) is 10.3 Å². The van der Waals surface area contributed by atoms with E-state index >= 15 is 0 Å². The van der Waals surface area contributed by atoms with Crippen LogP contribution in [0.1, 0.15) is 123 Å². The van der Waals surface area contributed by atoms with E-state index in [1.54, 1.807) is 0 Å². The molecule has 0 aliphatic rings. The summed E-state index contributed by atoms with van der Waals surface area (Å²) in [5.74, 6) is 1.42. The SMILES string of the molecule is C=CC(=C(C=C)P(C(C)(C)C)C(C)(C)C)c1c(C(C)C)cc(C(C)C)cc1C(C)C. The molecule has 0 bridgehead atoms. The van der Waals surface area contributed by atoms with Crippen LogP contribution in [0.3, 0.4) is 0 Å². The molecular formula is C29H47P. The van der Waals surface area contributed by atoms with Gasteiger partial charge >= 0.3 is 0 Å². The van der Waals surface area contributed by atoms with Crippen molar-refractivity contribution in [2.24, 2.45) is 0 Å². The van der Waals surface area contributed by atoms with E-state index in [2.05, 4.69) is 121 Å². The van der Waals surface area contributed by atoms with Gasteiger partial charge in [0.05, 0.1) is 0 Å². The van der Waals surface area contributed by atoms with E-state index in [4.69, 9.17) is 0 Å².